The number of aromatic amines is 1. The highest BCUT2D eigenvalue weighted by molar-refractivity contribution is 6.42. The molecule has 0 fully saturated rings. The van der Waals surface area contributed by atoms with E-state index in [-0.39, 0.29) is 5.56 Å². The first-order chi connectivity index (χ1) is 12.6. The van der Waals surface area contributed by atoms with Crippen LogP contribution in [-0.4, -0.2) is 24.7 Å². The van der Waals surface area contributed by atoms with E-state index in [9.17, 15) is 4.79 Å². The fourth-order valence-corrected chi connectivity index (χ4v) is 2.83. The third kappa shape index (κ3) is 3.29. The van der Waals surface area contributed by atoms with Crippen LogP contribution >= 0.6 is 23.2 Å². The molecule has 1 aromatic carbocycles. The highest BCUT2D eigenvalue weighted by Gasteiger charge is 2.12. The third-order valence-corrected chi connectivity index (χ3v) is 4.48. The molecular formula is C16H12Cl2N6O2. The lowest BCUT2D eigenvalue weighted by Gasteiger charge is -2.07. The molecular weight excluding hydrogens is 379 g/mol. The highest BCUT2D eigenvalue weighted by Crippen LogP contribution is 2.22. The number of nitrogens with zero attached hydrogens (tertiary/aromatic N) is 4. The summed E-state index contributed by atoms with van der Waals surface area (Å²) in [7, 11) is 0. The van der Waals surface area contributed by atoms with Crippen molar-refractivity contribution in [2.24, 2.45) is 0 Å². The van der Waals surface area contributed by atoms with Gasteiger partial charge in [-0.05, 0) is 17.7 Å². The van der Waals surface area contributed by atoms with Crippen molar-refractivity contribution in [2.75, 3.05) is 5.32 Å². The first-order valence-electron chi connectivity index (χ1n) is 7.61. The van der Waals surface area contributed by atoms with Crippen LogP contribution in [0.2, 0.25) is 10.0 Å². The van der Waals surface area contributed by atoms with Gasteiger partial charge in [0, 0.05) is 6.54 Å². The minimum Gasteiger partial charge on any atom is -0.451 e. The Kier molecular flexibility index (Phi) is 4.36. The average Bonchev–Trinajstić information content (AvgIpc) is 3.27. The maximum absolute atomic E-state index is 12.4. The Balaban J connectivity index is 1.57. The molecule has 0 amide bonds. The molecule has 0 radical (unpaired) electrons. The van der Waals surface area contributed by atoms with E-state index in [4.69, 9.17) is 27.6 Å². The van der Waals surface area contributed by atoms with Gasteiger partial charge in [-0.2, -0.15) is 5.10 Å². The molecule has 4 rings (SSSR count). The van der Waals surface area contributed by atoms with Crippen LogP contribution < -0.4 is 10.9 Å². The number of aromatic nitrogens is 5. The number of hydrogen-bond acceptors (Lipinski definition) is 6. The standard InChI is InChI=1S/C16H12Cl2N6O2/c17-11-2-1-9(3-12(11)18)4-19-16-22-13-5-21-24(14(13)15(25)23-16)6-10-7-26-8-20-10/h1-3,5,7-8H,4,6H2,(H2,19,22,23,25). The molecule has 0 aliphatic rings. The molecule has 10 heteroatoms. The minimum absolute atomic E-state index is 0.298. The fourth-order valence-electron chi connectivity index (χ4n) is 2.51. The van der Waals surface area contributed by atoms with Crippen molar-refractivity contribution in [2.45, 2.75) is 13.1 Å². The predicted molar refractivity (Wildman–Crippen MR) is 97.5 cm³/mol. The lowest BCUT2D eigenvalue weighted by Crippen LogP contribution is -2.16. The van der Waals surface area contributed by atoms with E-state index in [1.54, 1.807) is 12.1 Å². The van der Waals surface area contributed by atoms with Crippen LogP contribution in [0.1, 0.15) is 11.3 Å². The van der Waals surface area contributed by atoms with Crippen molar-refractivity contribution in [3.63, 3.8) is 0 Å². The molecule has 4 aromatic rings. The van der Waals surface area contributed by atoms with E-state index < -0.39 is 0 Å². The Bertz CT molecular complexity index is 1120. The van der Waals surface area contributed by atoms with Crippen molar-refractivity contribution < 1.29 is 4.42 Å². The van der Waals surface area contributed by atoms with Crippen LogP contribution in [0.25, 0.3) is 11.0 Å². The lowest BCUT2D eigenvalue weighted by molar-refractivity contribution is 0.554. The molecule has 3 heterocycles. The first kappa shape index (κ1) is 16.6. The summed E-state index contributed by atoms with van der Waals surface area (Å²) >= 11 is 11.9. The molecule has 8 nitrogen and oxygen atoms in total. The Hall–Kier alpha value is -2.84. The van der Waals surface area contributed by atoms with Crippen molar-refractivity contribution in [3.8, 4) is 0 Å². The Labute approximate surface area is 156 Å². The lowest BCUT2D eigenvalue weighted by atomic mass is 10.2. The number of oxazole rings is 1. The molecule has 0 saturated carbocycles. The average molecular weight is 391 g/mol. The van der Waals surface area contributed by atoms with Crippen LogP contribution in [-0.2, 0) is 13.1 Å². The molecule has 3 aromatic heterocycles. The highest BCUT2D eigenvalue weighted by atomic mass is 35.5. The summed E-state index contributed by atoms with van der Waals surface area (Å²) in [5, 5.41) is 8.23. The Morgan fingerprint density at radius 2 is 2.15 bits per heavy atom. The summed E-state index contributed by atoms with van der Waals surface area (Å²) in [4.78, 5) is 23.6. The van der Waals surface area contributed by atoms with E-state index in [1.165, 1.54) is 23.5 Å². The SMILES string of the molecule is O=c1[nH]c(NCc2ccc(Cl)c(Cl)c2)nc2cnn(Cc3cocn3)c12. The summed E-state index contributed by atoms with van der Waals surface area (Å²) in [6, 6.07) is 5.31. The quantitative estimate of drug-likeness (QED) is 0.542. The van der Waals surface area contributed by atoms with Gasteiger partial charge in [-0.15, -0.1) is 0 Å². The van der Waals surface area contributed by atoms with Gasteiger partial charge < -0.3 is 9.73 Å². The zero-order chi connectivity index (χ0) is 18.1. The van der Waals surface area contributed by atoms with E-state index >= 15 is 0 Å². The van der Waals surface area contributed by atoms with Crippen LogP contribution in [0.3, 0.4) is 0 Å². The maximum Gasteiger partial charge on any atom is 0.278 e. The number of benzene rings is 1. The van der Waals surface area contributed by atoms with Crippen LogP contribution in [0.4, 0.5) is 5.95 Å². The fraction of sp³-hybridized carbons (Fsp3) is 0.125. The molecule has 0 saturated heterocycles. The number of H-pyrrole nitrogens is 1. The molecule has 132 valence electrons. The normalized spacial score (nSPS) is 11.2. The van der Waals surface area contributed by atoms with Crippen molar-refractivity contribution in [3.05, 3.63) is 68.7 Å². The third-order valence-electron chi connectivity index (χ3n) is 3.74. The number of rotatable bonds is 5. The Morgan fingerprint density at radius 3 is 2.92 bits per heavy atom. The van der Waals surface area contributed by atoms with Gasteiger partial charge in [0.1, 0.15) is 17.5 Å². The van der Waals surface area contributed by atoms with E-state index in [0.717, 1.165) is 5.56 Å². The molecule has 0 bridgehead atoms. The summed E-state index contributed by atoms with van der Waals surface area (Å²) in [5.74, 6) is 0.342. The first-order valence-corrected chi connectivity index (χ1v) is 8.36. The van der Waals surface area contributed by atoms with Gasteiger partial charge in [-0.3, -0.25) is 14.5 Å². The predicted octanol–water partition coefficient (Wildman–Crippen LogP) is 3.07. The van der Waals surface area contributed by atoms with Gasteiger partial charge in [0.2, 0.25) is 5.95 Å². The van der Waals surface area contributed by atoms with Gasteiger partial charge in [-0.25, -0.2) is 9.97 Å². The van der Waals surface area contributed by atoms with Gasteiger partial charge >= 0.3 is 0 Å². The molecule has 2 N–H and O–H groups in total. The largest absolute Gasteiger partial charge is 0.451 e. The van der Waals surface area contributed by atoms with Crippen LogP contribution in [0, 0.1) is 0 Å². The molecule has 0 unspecified atom stereocenters. The molecule has 0 aliphatic heterocycles. The molecule has 0 atom stereocenters. The topological polar surface area (TPSA) is 102 Å². The smallest absolute Gasteiger partial charge is 0.278 e. The molecule has 26 heavy (non-hydrogen) atoms. The van der Waals surface area contributed by atoms with Crippen LogP contribution in [0.5, 0.6) is 0 Å². The number of hydrogen-bond donors (Lipinski definition) is 2. The summed E-state index contributed by atoms with van der Waals surface area (Å²) in [5.41, 5.74) is 2.12. The second-order valence-electron chi connectivity index (χ2n) is 5.53. The number of halogens is 2. The maximum atomic E-state index is 12.4. The van der Waals surface area contributed by atoms with Gasteiger partial charge in [-0.1, -0.05) is 29.3 Å². The van der Waals surface area contributed by atoms with E-state index in [0.29, 0.717) is 45.8 Å². The zero-order valence-electron chi connectivity index (χ0n) is 13.2. The van der Waals surface area contributed by atoms with Gasteiger partial charge in [0.25, 0.3) is 5.56 Å². The minimum atomic E-state index is -0.298. The number of fused-ring (bicyclic) bond motifs is 1. The van der Waals surface area contributed by atoms with E-state index in [2.05, 4.69) is 25.4 Å². The van der Waals surface area contributed by atoms with Crippen LogP contribution in [0.15, 0.2) is 46.3 Å². The summed E-state index contributed by atoms with van der Waals surface area (Å²) in [6.07, 6.45) is 4.37. The second-order valence-corrected chi connectivity index (χ2v) is 6.35. The number of nitrogens with one attached hydrogen (secondary N) is 2. The Morgan fingerprint density at radius 1 is 1.27 bits per heavy atom. The monoisotopic (exact) mass is 390 g/mol. The number of anilines is 1. The zero-order valence-corrected chi connectivity index (χ0v) is 14.8. The summed E-state index contributed by atoms with van der Waals surface area (Å²) < 4.78 is 6.46. The van der Waals surface area contributed by atoms with Crippen molar-refractivity contribution in [1.82, 2.24) is 24.7 Å². The second kappa shape index (κ2) is 6.81. The van der Waals surface area contributed by atoms with Gasteiger partial charge in [0.15, 0.2) is 11.9 Å². The van der Waals surface area contributed by atoms with Gasteiger partial charge in [0.05, 0.1) is 22.8 Å². The molecule has 0 spiro atoms. The molecule has 0 aliphatic carbocycles. The summed E-state index contributed by atoms with van der Waals surface area (Å²) in [6.45, 7) is 0.749. The van der Waals surface area contributed by atoms with E-state index in [1.807, 2.05) is 6.07 Å². The van der Waals surface area contributed by atoms with Crippen molar-refractivity contribution in [1.29, 1.82) is 0 Å². The van der Waals surface area contributed by atoms with Crippen molar-refractivity contribution >= 4 is 40.2 Å².